The van der Waals surface area contributed by atoms with Crippen LogP contribution in [0.15, 0.2) is 41.7 Å². The predicted octanol–water partition coefficient (Wildman–Crippen LogP) is 3.96. The maximum absolute atomic E-state index is 12.8. The number of aliphatic imine (C=N–C) groups is 1. The molecule has 0 bridgehead atoms. The number of hydrogen-bond donors (Lipinski definition) is 2. The van der Waals surface area contributed by atoms with Gasteiger partial charge in [0.15, 0.2) is 5.96 Å². The fraction of sp³-hybridized carbons (Fsp3) is 0.474. The van der Waals surface area contributed by atoms with E-state index in [0.717, 1.165) is 18.1 Å². The van der Waals surface area contributed by atoms with Gasteiger partial charge in [-0.2, -0.15) is 18.3 Å². The van der Waals surface area contributed by atoms with Gasteiger partial charge in [0.05, 0.1) is 11.8 Å². The summed E-state index contributed by atoms with van der Waals surface area (Å²) < 4.78 is 40.3. The standard InChI is InChI=1S/C19H26F3N5.HI/c1-14(16-5-4-6-17(11-16)19(20,21)22)7-9-24-18(23-2)25-10-8-15-12-26-27(3)13-15;/h4-6,11-14H,7-10H2,1-3H3,(H2,23,24,25);1H. The van der Waals surface area contributed by atoms with Crippen LogP contribution in [-0.2, 0) is 19.6 Å². The molecule has 156 valence electrons. The van der Waals surface area contributed by atoms with Crippen molar-refractivity contribution in [2.24, 2.45) is 12.0 Å². The lowest BCUT2D eigenvalue weighted by molar-refractivity contribution is -0.137. The zero-order chi connectivity index (χ0) is 19.9. The summed E-state index contributed by atoms with van der Waals surface area (Å²) in [5.74, 6) is 0.684. The normalized spacial score (nSPS) is 13.0. The van der Waals surface area contributed by atoms with Crippen LogP contribution in [0.3, 0.4) is 0 Å². The molecule has 2 aromatic rings. The Balaban J connectivity index is 0.00000392. The molecule has 9 heteroatoms. The number of alkyl halides is 3. The number of aromatic nitrogens is 2. The highest BCUT2D eigenvalue weighted by Crippen LogP contribution is 2.31. The Kier molecular flexibility index (Phi) is 9.77. The van der Waals surface area contributed by atoms with Gasteiger partial charge in [-0.25, -0.2) is 0 Å². The molecule has 0 saturated carbocycles. The Hall–Kier alpha value is -1.78. The molecule has 0 spiro atoms. The van der Waals surface area contributed by atoms with E-state index in [0.29, 0.717) is 31.0 Å². The van der Waals surface area contributed by atoms with Crippen LogP contribution < -0.4 is 10.6 Å². The van der Waals surface area contributed by atoms with Gasteiger partial charge in [-0.05, 0) is 36.0 Å². The van der Waals surface area contributed by atoms with Gasteiger partial charge in [0.1, 0.15) is 0 Å². The molecule has 1 aromatic carbocycles. The van der Waals surface area contributed by atoms with Gasteiger partial charge >= 0.3 is 6.18 Å². The molecular formula is C19H27F3IN5. The van der Waals surface area contributed by atoms with E-state index >= 15 is 0 Å². The van der Waals surface area contributed by atoms with E-state index < -0.39 is 11.7 Å². The van der Waals surface area contributed by atoms with Gasteiger partial charge in [-0.3, -0.25) is 9.67 Å². The first-order valence-electron chi connectivity index (χ1n) is 8.89. The molecule has 0 saturated heterocycles. The predicted molar refractivity (Wildman–Crippen MR) is 116 cm³/mol. The Labute approximate surface area is 180 Å². The number of aryl methyl sites for hydroxylation is 1. The lowest BCUT2D eigenvalue weighted by atomic mass is 9.96. The largest absolute Gasteiger partial charge is 0.416 e. The topological polar surface area (TPSA) is 54.2 Å². The van der Waals surface area contributed by atoms with E-state index in [1.165, 1.54) is 12.1 Å². The SMILES string of the molecule is CN=C(NCCc1cnn(C)c1)NCCC(C)c1cccc(C(F)(F)F)c1.I. The number of nitrogens with zero attached hydrogens (tertiary/aromatic N) is 3. The molecule has 2 N–H and O–H groups in total. The van der Waals surface area contributed by atoms with Crippen molar-refractivity contribution in [3.8, 4) is 0 Å². The summed E-state index contributed by atoms with van der Waals surface area (Å²) in [6.45, 7) is 3.26. The first-order chi connectivity index (χ1) is 12.8. The number of nitrogens with one attached hydrogen (secondary N) is 2. The fourth-order valence-electron chi connectivity index (χ4n) is 2.74. The Morgan fingerprint density at radius 3 is 2.57 bits per heavy atom. The van der Waals surface area contributed by atoms with Crippen LogP contribution in [0.5, 0.6) is 0 Å². The van der Waals surface area contributed by atoms with Crippen LogP contribution in [0, 0.1) is 0 Å². The van der Waals surface area contributed by atoms with Crippen molar-refractivity contribution in [2.45, 2.75) is 31.9 Å². The van der Waals surface area contributed by atoms with Crippen LogP contribution in [0.4, 0.5) is 13.2 Å². The Bertz CT molecular complexity index is 758. The zero-order valence-electron chi connectivity index (χ0n) is 16.3. The van der Waals surface area contributed by atoms with Crippen LogP contribution >= 0.6 is 24.0 Å². The van der Waals surface area contributed by atoms with Gasteiger partial charge in [0.25, 0.3) is 0 Å². The number of hydrogen-bond acceptors (Lipinski definition) is 2. The molecular weight excluding hydrogens is 482 g/mol. The average Bonchev–Trinajstić information content (AvgIpc) is 3.04. The van der Waals surface area contributed by atoms with Crippen molar-refractivity contribution in [1.82, 2.24) is 20.4 Å². The highest BCUT2D eigenvalue weighted by Gasteiger charge is 2.30. The van der Waals surface area contributed by atoms with E-state index in [1.54, 1.807) is 17.8 Å². The van der Waals surface area contributed by atoms with Crippen molar-refractivity contribution in [3.63, 3.8) is 0 Å². The summed E-state index contributed by atoms with van der Waals surface area (Å²) in [5, 5.41) is 10.6. The summed E-state index contributed by atoms with van der Waals surface area (Å²) in [4.78, 5) is 4.17. The third-order valence-electron chi connectivity index (χ3n) is 4.34. The molecule has 0 amide bonds. The molecule has 1 atom stereocenters. The molecule has 0 aliphatic carbocycles. The van der Waals surface area contributed by atoms with Gasteiger partial charge in [0.2, 0.25) is 0 Å². The lowest BCUT2D eigenvalue weighted by Crippen LogP contribution is -2.39. The summed E-state index contributed by atoms with van der Waals surface area (Å²) in [7, 11) is 3.57. The molecule has 1 unspecified atom stereocenters. The van der Waals surface area contributed by atoms with Crippen LogP contribution in [-0.4, -0.2) is 35.9 Å². The van der Waals surface area contributed by atoms with Crippen LogP contribution in [0.2, 0.25) is 0 Å². The average molecular weight is 509 g/mol. The minimum Gasteiger partial charge on any atom is -0.356 e. The smallest absolute Gasteiger partial charge is 0.356 e. The summed E-state index contributed by atoms with van der Waals surface area (Å²) >= 11 is 0. The van der Waals surface area contributed by atoms with E-state index in [9.17, 15) is 13.2 Å². The monoisotopic (exact) mass is 509 g/mol. The number of halogens is 4. The van der Waals surface area contributed by atoms with Gasteiger partial charge in [-0.1, -0.05) is 25.1 Å². The molecule has 0 aliphatic heterocycles. The first kappa shape index (κ1) is 24.3. The Morgan fingerprint density at radius 2 is 1.96 bits per heavy atom. The van der Waals surface area contributed by atoms with Crippen molar-refractivity contribution >= 4 is 29.9 Å². The summed E-state index contributed by atoms with van der Waals surface area (Å²) in [6.07, 6.45) is 1.01. The van der Waals surface area contributed by atoms with E-state index in [2.05, 4.69) is 20.7 Å². The van der Waals surface area contributed by atoms with Crippen molar-refractivity contribution in [2.75, 3.05) is 20.1 Å². The van der Waals surface area contributed by atoms with Crippen LogP contribution in [0.1, 0.15) is 36.0 Å². The quantitative estimate of drug-likeness (QED) is 0.338. The molecule has 0 aliphatic rings. The van der Waals surface area contributed by atoms with E-state index in [-0.39, 0.29) is 29.9 Å². The number of benzene rings is 1. The lowest BCUT2D eigenvalue weighted by Gasteiger charge is -2.16. The van der Waals surface area contributed by atoms with Gasteiger partial charge in [0, 0.05) is 33.4 Å². The van der Waals surface area contributed by atoms with E-state index in [4.69, 9.17) is 0 Å². The van der Waals surface area contributed by atoms with Gasteiger partial charge < -0.3 is 10.6 Å². The second kappa shape index (κ2) is 11.3. The van der Waals surface area contributed by atoms with Crippen molar-refractivity contribution in [3.05, 3.63) is 53.3 Å². The number of rotatable bonds is 7. The molecule has 5 nitrogen and oxygen atoms in total. The second-order valence-corrected chi connectivity index (χ2v) is 6.51. The Morgan fingerprint density at radius 1 is 1.25 bits per heavy atom. The highest BCUT2D eigenvalue weighted by atomic mass is 127. The third kappa shape index (κ3) is 7.69. The third-order valence-corrected chi connectivity index (χ3v) is 4.34. The highest BCUT2D eigenvalue weighted by molar-refractivity contribution is 14.0. The van der Waals surface area contributed by atoms with Crippen LogP contribution in [0.25, 0.3) is 0 Å². The maximum atomic E-state index is 12.8. The summed E-state index contributed by atoms with van der Waals surface area (Å²) in [5.41, 5.74) is 1.22. The molecule has 1 heterocycles. The minimum atomic E-state index is -4.31. The molecule has 2 rings (SSSR count). The zero-order valence-corrected chi connectivity index (χ0v) is 18.6. The fourth-order valence-corrected chi connectivity index (χ4v) is 2.74. The molecule has 1 aromatic heterocycles. The summed E-state index contributed by atoms with van der Waals surface area (Å²) in [6, 6.07) is 5.52. The molecule has 28 heavy (non-hydrogen) atoms. The maximum Gasteiger partial charge on any atom is 0.416 e. The molecule has 0 fully saturated rings. The second-order valence-electron chi connectivity index (χ2n) is 6.51. The van der Waals surface area contributed by atoms with Gasteiger partial charge in [-0.15, -0.1) is 24.0 Å². The first-order valence-corrected chi connectivity index (χ1v) is 8.89. The van der Waals surface area contributed by atoms with Crippen molar-refractivity contribution < 1.29 is 13.2 Å². The van der Waals surface area contributed by atoms with Crippen molar-refractivity contribution in [1.29, 1.82) is 0 Å². The molecule has 0 radical (unpaired) electrons. The number of guanidine groups is 1. The van der Waals surface area contributed by atoms with E-state index in [1.807, 2.05) is 26.4 Å². The minimum absolute atomic E-state index is 0.